The number of H-pyrrole nitrogens is 1. The highest BCUT2D eigenvalue weighted by Crippen LogP contribution is 2.38. The first-order chi connectivity index (χ1) is 16.0. The van der Waals surface area contributed by atoms with Gasteiger partial charge in [0.05, 0.1) is 27.9 Å². The van der Waals surface area contributed by atoms with Crippen molar-refractivity contribution in [1.29, 1.82) is 0 Å². The number of benzene rings is 2. The number of methoxy groups -OCH3 is 3. The Hall–Kier alpha value is -3.39. The SMILES string of the molecule is COc1cc(CN(CCCCc2c[nH]c3ccccc23)CCN=C(N)N)cc(OC)c1OC. The molecular weight excluding hydrogens is 418 g/mol. The molecule has 0 unspecified atom stereocenters. The smallest absolute Gasteiger partial charge is 0.203 e. The molecule has 5 N–H and O–H groups in total. The Morgan fingerprint density at radius 3 is 2.36 bits per heavy atom. The van der Waals surface area contributed by atoms with E-state index in [-0.39, 0.29) is 5.96 Å². The molecule has 0 amide bonds. The summed E-state index contributed by atoms with van der Waals surface area (Å²) in [6, 6.07) is 12.4. The van der Waals surface area contributed by atoms with E-state index in [4.69, 9.17) is 25.7 Å². The molecule has 0 saturated carbocycles. The van der Waals surface area contributed by atoms with Crippen molar-refractivity contribution in [3.05, 3.63) is 53.7 Å². The van der Waals surface area contributed by atoms with Crippen LogP contribution in [0.3, 0.4) is 0 Å². The molecule has 3 rings (SSSR count). The molecule has 1 aromatic heterocycles. The van der Waals surface area contributed by atoms with Crippen LogP contribution >= 0.6 is 0 Å². The van der Waals surface area contributed by atoms with E-state index in [9.17, 15) is 0 Å². The summed E-state index contributed by atoms with van der Waals surface area (Å²) in [4.78, 5) is 9.87. The molecule has 0 saturated heterocycles. The van der Waals surface area contributed by atoms with Crippen molar-refractivity contribution < 1.29 is 14.2 Å². The number of nitrogens with zero attached hydrogens (tertiary/aromatic N) is 2. The first kappa shape index (κ1) is 24.3. The van der Waals surface area contributed by atoms with Gasteiger partial charge in [-0.1, -0.05) is 18.2 Å². The zero-order valence-corrected chi connectivity index (χ0v) is 19.8. The lowest BCUT2D eigenvalue weighted by Crippen LogP contribution is -2.29. The fraction of sp³-hybridized carbons (Fsp3) is 0.400. The Kier molecular flexibility index (Phi) is 8.83. The van der Waals surface area contributed by atoms with Gasteiger partial charge in [0.1, 0.15) is 0 Å². The lowest BCUT2D eigenvalue weighted by molar-refractivity contribution is 0.265. The van der Waals surface area contributed by atoms with Gasteiger partial charge in [-0.25, -0.2) is 0 Å². The molecule has 2 aromatic carbocycles. The van der Waals surface area contributed by atoms with Crippen molar-refractivity contribution in [3.63, 3.8) is 0 Å². The van der Waals surface area contributed by atoms with Crippen LogP contribution in [0.4, 0.5) is 0 Å². The average Bonchev–Trinajstić information content (AvgIpc) is 3.23. The van der Waals surface area contributed by atoms with Gasteiger partial charge in [0.25, 0.3) is 0 Å². The Bertz CT molecular complexity index is 1030. The average molecular weight is 454 g/mol. The van der Waals surface area contributed by atoms with Crippen LogP contribution in [0, 0.1) is 0 Å². The number of guanidine groups is 1. The van der Waals surface area contributed by atoms with E-state index < -0.39 is 0 Å². The van der Waals surface area contributed by atoms with E-state index in [1.54, 1.807) is 21.3 Å². The first-order valence-electron chi connectivity index (χ1n) is 11.2. The van der Waals surface area contributed by atoms with Gasteiger partial charge < -0.3 is 30.7 Å². The molecule has 0 atom stereocenters. The largest absolute Gasteiger partial charge is 0.493 e. The monoisotopic (exact) mass is 453 g/mol. The van der Waals surface area contributed by atoms with Crippen LogP contribution in [0.5, 0.6) is 17.2 Å². The number of hydrogen-bond donors (Lipinski definition) is 3. The standard InChI is InChI=1S/C25H35N5O3/c1-31-22-14-18(15-23(32-2)24(22)33-3)17-30(13-11-28-25(26)27)12-7-6-8-19-16-29-21-10-5-4-9-20(19)21/h4-5,9-10,14-16,29H,6-8,11-13,17H2,1-3H3,(H4,26,27,28). The predicted octanol–water partition coefficient (Wildman–Crippen LogP) is 3.29. The molecule has 0 fully saturated rings. The Balaban J connectivity index is 1.65. The van der Waals surface area contributed by atoms with Crippen molar-refractivity contribution in [2.24, 2.45) is 16.5 Å². The number of nitrogens with one attached hydrogen (secondary N) is 1. The molecule has 0 aliphatic rings. The van der Waals surface area contributed by atoms with Crippen molar-refractivity contribution in [3.8, 4) is 17.2 Å². The van der Waals surface area contributed by atoms with Gasteiger partial charge in [-0.05, 0) is 55.1 Å². The van der Waals surface area contributed by atoms with E-state index in [1.165, 1.54) is 16.5 Å². The van der Waals surface area contributed by atoms with Gasteiger partial charge in [0, 0.05) is 30.2 Å². The maximum Gasteiger partial charge on any atom is 0.203 e. The zero-order chi connectivity index (χ0) is 23.6. The Labute approximate surface area is 195 Å². The number of ether oxygens (including phenoxy) is 3. The third-order valence-corrected chi connectivity index (χ3v) is 5.69. The van der Waals surface area contributed by atoms with Crippen LogP contribution in [-0.2, 0) is 13.0 Å². The van der Waals surface area contributed by atoms with Gasteiger partial charge in [0.15, 0.2) is 17.5 Å². The highest BCUT2D eigenvalue weighted by molar-refractivity contribution is 5.83. The summed E-state index contributed by atoms with van der Waals surface area (Å²) in [5.74, 6) is 2.00. The lowest BCUT2D eigenvalue weighted by Gasteiger charge is -2.23. The van der Waals surface area contributed by atoms with Crippen molar-refractivity contribution in [2.75, 3.05) is 41.0 Å². The molecule has 33 heavy (non-hydrogen) atoms. The molecule has 0 spiro atoms. The number of rotatable bonds is 13. The van der Waals surface area contributed by atoms with Gasteiger partial charge >= 0.3 is 0 Å². The number of nitrogens with two attached hydrogens (primary N) is 2. The van der Waals surface area contributed by atoms with Gasteiger partial charge in [-0.2, -0.15) is 0 Å². The van der Waals surface area contributed by atoms with E-state index in [0.717, 1.165) is 44.5 Å². The maximum absolute atomic E-state index is 5.52. The molecule has 3 aromatic rings. The quantitative estimate of drug-likeness (QED) is 0.208. The molecule has 178 valence electrons. The van der Waals surface area contributed by atoms with Crippen LogP contribution in [0.25, 0.3) is 10.9 Å². The lowest BCUT2D eigenvalue weighted by atomic mass is 10.1. The topological polar surface area (TPSA) is 111 Å². The second-order valence-corrected chi connectivity index (χ2v) is 7.93. The predicted molar refractivity (Wildman–Crippen MR) is 133 cm³/mol. The number of fused-ring (bicyclic) bond motifs is 1. The molecule has 8 nitrogen and oxygen atoms in total. The highest BCUT2D eigenvalue weighted by Gasteiger charge is 2.15. The van der Waals surface area contributed by atoms with Gasteiger partial charge in [0.2, 0.25) is 5.75 Å². The van der Waals surface area contributed by atoms with Crippen LogP contribution < -0.4 is 25.7 Å². The van der Waals surface area contributed by atoms with E-state index in [1.807, 2.05) is 12.1 Å². The fourth-order valence-electron chi connectivity index (χ4n) is 4.06. The minimum absolute atomic E-state index is 0.113. The minimum atomic E-state index is 0.113. The van der Waals surface area contributed by atoms with E-state index >= 15 is 0 Å². The second-order valence-electron chi connectivity index (χ2n) is 7.93. The molecule has 1 heterocycles. The summed E-state index contributed by atoms with van der Waals surface area (Å²) >= 11 is 0. The summed E-state index contributed by atoms with van der Waals surface area (Å²) in [5, 5.41) is 1.31. The summed E-state index contributed by atoms with van der Waals surface area (Å²) in [6.07, 6.45) is 5.31. The third-order valence-electron chi connectivity index (χ3n) is 5.69. The summed E-state index contributed by atoms with van der Waals surface area (Å²) in [7, 11) is 4.86. The van der Waals surface area contributed by atoms with Crippen molar-refractivity contribution >= 4 is 16.9 Å². The Morgan fingerprint density at radius 2 is 1.70 bits per heavy atom. The number of aliphatic imine (C=N–C) groups is 1. The first-order valence-corrected chi connectivity index (χ1v) is 11.2. The minimum Gasteiger partial charge on any atom is -0.493 e. The number of unbranched alkanes of at least 4 members (excludes halogenated alkanes) is 1. The van der Waals surface area contributed by atoms with E-state index in [2.05, 4.69) is 45.3 Å². The Morgan fingerprint density at radius 1 is 0.970 bits per heavy atom. The third kappa shape index (κ3) is 6.55. The van der Waals surface area contributed by atoms with Crippen LogP contribution in [-0.4, -0.2) is 56.8 Å². The molecular formula is C25H35N5O3. The normalized spacial score (nSPS) is 11.0. The number of para-hydroxylation sites is 1. The number of hydrogen-bond acceptors (Lipinski definition) is 5. The van der Waals surface area contributed by atoms with Gasteiger partial charge in [-0.15, -0.1) is 0 Å². The molecule has 0 aliphatic carbocycles. The highest BCUT2D eigenvalue weighted by atomic mass is 16.5. The number of aryl methyl sites for hydroxylation is 1. The van der Waals surface area contributed by atoms with Crippen LogP contribution in [0.15, 0.2) is 47.6 Å². The molecule has 0 aliphatic heterocycles. The van der Waals surface area contributed by atoms with E-state index in [0.29, 0.717) is 23.8 Å². The van der Waals surface area contributed by atoms with Crippen molar-refractivity contribution in [1.82, 2.24) is 9.88 Å². The summed E-state index contributed by atoms with van der Waals surface area (Å²) in [5.41, 5.74) is 14.7. The van der Waals surface area contributed by atoms with Crippen LogP contribution in [0.2, 0.25) is 0 Å². The molecule has 0 radical (unpaired) electrons. The number of aromatic nitrogens is 1. The second kappa shape index (κ2) is 12.0. The molecule has 0 bridgehead atoms. The fourth-order valence-corrected chi connectivity index (χ4v) is 4.06. The number of aromatic amines is 1. The van der Waals surface area contributed by atoms with Gasteiger partial charge in [-0.3, -0.25) is 9.89 Å². The summed E-state index contributed by atoms with van der Waals surface area (Å²) in [6.45, 7) is 2.96. The van der Waals surface area contributed by atoms with Crippen LogP contribution in [0.1, 0.15) is 24.0 Å². The zero-order valence-electron chi connectivity index (χ0n) is 19.8. The van der Waals surface area contributed by atoms with Crippen molar-refractivity contribution in [2.45, 2.75) is 25.8 Å². The summed E-state index contributed by atoms with van der Waals surface area (Å²) < 4.78 is 16.5. The molecule has 8 heteroatoms. The maximum atomic E-state index is 5.52.